The molecular weight excluding hydrogens is 200 g/mol. The lowest BCUT2D eigenvalue weighted by Gasteiger charge is -2.33. The van der Waals surface area contributed by atoms with Gasteiger partial charge in [-0.05, 0) is 39.8 Å². The summed E-state index contributed by atoms with van der Waals surface area (Å²) < 4.78 is 0. The Morgan fingerprint density at radius 3 is 2.29 bits per heavy atom. The second-order valence-corrected chi connectivity index (χ2v) is 4.44. The van der Waals surface area contributed by atoms with Gasteiger partial charge in [0.2, 0.25) is 5.91 Å². The first-order chi connectivity index (χ1) is 6.04. The first kappa shape index (κ1) is 13.7. The highest BCUT2D eigenvalue weighted by Crippen LogP contribution is 2.27. The molecule has 1 heterocycles. The summed E-state index contributed by atoms with van der Waals surface area (Å²) in [6, 6.07) is 0.249. The Bertz CT molecular complexity index is 189. The zero-order valence-electron chi connectivity index (χ0n) is 9.22. The molecule has 0 atom stereocenters. The van der Waals surface area contributed by atoms with Gasteiger partial charge in [0.05, 0.1) is 0 Å². The van der Waals surface area contributed by atoms with Gasteiger partial charge in [-0.2, -0.15) is 0 Å². The highest BCUT2D eigenvalue weighted by atomic mass is 35.5. The van der Waals surface area contributed by atoms with Gasteiger partial charge in [-0.1, -0.05) is 6.92 Å². The molecule has 4 heteroatoms. The summed E-state index contributed by atoms with van der Waals surface area (Å²) in [5, 5.41) is 6.25. The van der Waals surface area contributed by atoms with Crippen molar-refractivity contribution in [1.82, 2.24) is 10.6 Å². The van der Waals surface area contributed by atoms with Crippen molar-refractivity contribution in [2.75, 3.05) is 13.1 Å². The third-order valence-corrected chi connectivity index (χ3v) is 2.68. The van der Waals surface area contributed by atoms with Gasteiger partial charge in [0.15, 0.2) is 0 Å². The molecule has 1 rings (SSSR count). The molecule has 1 aliphatic rings. The fraction of sp³-hybridized carbons (Fsp3) is 0.900. The van der Waals surface area contributed by atoms with E-state index in [4.69, 9.17) is 0 Å². The lowest BCUT2D eigenvalue weighted by atomic mass is 9.80. The van der Waals surface area contributed by atoms with Crippen molar-refractivity contribution in [3.63, 3.8) is 0 Å². The van der Waals surface area contributed by atoms with Crippen molar-refractivity contribution < 1.29 is 4.79 Å². The van der Waals surface area contributed by atoms with E-state index in [0.717, 1.165) is 25.9 Å². The average molecular weight is 221 g/mol. The quantitative estimate of drug-likeness (QED) is 0.737. The minimum Gasteiger partial charge on any atom is -0.353 e. The number of halogens is 1. The molecule has 14 heavy (non-hydrogen) atoms. The highest BCUT2D eigenvalue weighted by molar-refractivity contribution is 5.85. The molecule has 0 aromatic heterocycles. The number of nitrogens with one attached hydrogen (secondary N) is 2. The molecule has 0 aromatic carbocycles. The van der Waals surface area contributed by atoms with Crippen molar-refractivity contribution >= 4 is 18.3 Å². The van der Waals surface area contributed by atoms with Gasteiger partial charge < -0.3 is 10.6 Å². The number of carbonyl (C=O) groups is 1. The molecule has 3 nitrogen and oxygen atoms in total. The minimum absolute atomic E-state index is 0. The van der Waals surface area contributed by atoms with E-state index in [9.17, 15) is 4.79 Å². The van der Waals surface area contributed by atoms with E-state index in [0.29, 0.717) is 0 Å². The minimum atomic E-state index is -0.143. The smallest absolute Gasteiger partial charge is 0.226 e. The summed E-state index contributed by atoms with van der Waals surface area (Å²) in [6.45, 7) is 7.99. The van der Waals surface area contributed by atoms with Gasteiger partial charge in [0.1, 0.15) is 0 Å². The number of carbonyl (C=O) groups excluding carboxylic acids is 1. The summed E-state index contributed by atoms with van der Waals surface area (Å²) in [4.78, 5) is 11.8. The third-order valence-electron chi connectivity index (χ3n) is 2.68. The zero-order valence-corrected chi connectivity index (χ0v) is 10.0. The van der Waals surface area contributed by atoms with Crippen LogP contribution in [0.15, 0.2) is 0 Å². The second kappa shape index (κ2) is 5.56. The molecule has 2 N–H and O–H groups in total. The summed E-state index contributed by atoms with van der Waals surface area (Å²) >= 11 is 0. The van der Waals surface area contributed by atoms with Crippen LogP contribution in [-0.4, -0.2) is 25.0 Å². The van der Waals surface area contributed by atoms with Crippen molar-refractivity contribution in [1.29, 1.82) is 0 Å². The van der Waals surface area contributed by atoms with Crippen molar-refractivity contribution in [2.45, 2.75) is 39.7 Å². The van der Waals surface area contributed by atoms with E-state index >= 15 is 0 Å². The second-order valence-electron chi connectivity index (χ2n) is 4.44. The van der Waals surface area contributed by atoms with Crippen LogP contribution < -0.4 is 10.6 Å². The van der Waals surface area contributed by atoms with Crippen molar-refractivity contribution in [3.05, 3.63) is 0 Å². The van der Waals surface area contributed by atoms with Gasteiger partial charge in [0.25, 0.3) is 0 Å². The molecule has 0 spiro atoms. The summed E-state index contributed by atoms with van der Waals surface area (Å²) in [5.41, 5.74) is -0.143. The van der Waals surface area contributed by atoms with Gasteiger partial charge in [0, 0.05) is 11.5 Å². The van der Waals surface area contributed by atoms with Crippen molar-refractivity contribution in [3.8, 4) is 0 Å². The van der Waals surface area contributed by atoms with Crippen LogP contribution in [0.5, 0.6) is 0 Å². The normalized spacial score (nSPS) is 20.0. The molecule has 1 aliphatic heterocycles. The zero-order chi connectivity index (χ0) is 9.90. The van der Waals surface area contributed by atoms with E-state index in [1.807, 2.05) is 13.8 Å². The maximum absolute atomic E-state index is 11.8. The van der Waals surface area contributed by atoms with Crippen LogP contribution in [0.2, 0.25) is 0 Å². The Morgan fingerprint density at radius 2 is 1.86 bits per heavy atom. The molecule has 0 aromatic rings. The molecule has 84 valence electrons. The molecule has 1 saturated heterocycles. The van der Waals surface area contributed by atoms with Crippen LogP contribution in [-0.2, 0) is 4.79 Å². The highest BCUT2D eigenvalue weighted by Gasteiger charge is 2.34. The standard InChI is InChI=1S/C10H20N2O.ClH/c1-8(2)12-9(13)10(3)4-6-11-7-5-10;/h8,11H,4-7H2,1-3H3,(H,12,13);1H. The van der Waals surface area contributed by atoms with Crippen LogP contribution in [0.3, 0.4) is 0 Å². The SMILES string of the molecule is CC(C)NC(=O)C1(C)CCNCC1.Cl. The maximum Gasteiger partial charge on any atom is 0.226 e. The number of rotatable bonds is 2. The first-order valence-corrected chi connectivity index (χ1v) is 5.06. The topological polar surface area (TPSA) is 41.1 Å². The van der Waals surface area contributed by atoms with E-state index < -0.39 is 0 Å². The summed E-state index contributed by atoms with van der Waals surface area (Å²) in [7, 11) is 0. The number of hydrogen-bond donors (Lipinski definition) is 2. The van der Waals surface area contributed by atoms with E-state index in [2.05, 4.69) is 17.6 Å². The molecular formula is C10H21ClN2O. The molecule has 0 aliphatic carbocycles. The van der Waals surface area contributed by atoms with Crippen LogP contribution in [0.1, 0.15) is 33.6 Å². The number of hydrogen-bond acceptors (Lipinski definition) is 2. The van der Waals surface area contributed by atoms with Gasteiger partial charge in [-0.3, -0.25) is 4.79 Å². The van der Waals surface area contributed by atoms with Crippen LogP contribution in [0.4, 0.5) is 0 Å². The first-order valence-electron chi connectivity index (χ1n) is 5.06. The molecule has 0 radical (unpaired) electrons. The lowest BCUT2D eigenvalue weighted by Crippen LogP contribution is -2.47. The number of amides is 1. The Labute approximate surface area is 92.4 Å². The summed E-state index contributed by atoms with van der Waals surface area (Å²) in [5.74, 6) is 0.212. The fourth-order valence-corrected chi connectivity index (χ4v) is 1.64. The largest absolute Gasteiger partial charge is 0.353 e. The Kier molecular flexibility index (Phi) is 5.45. The average Bonchev–Trinajstić information content (AvgIpc) is 2.04. The van der Waals surface area contributed by atoms with Crippen LogP contribution in [0.25, 0.3) is 0 Å². The molecule has 0 bridgehead atoms. The van der Waals surface area contributed by atoms with Gasteiger partial charge in [-0.25, -0.2) is 0 Å². The third kappa shape index (κ3) is 3.46. The molecule has 1 amide bonds. The fourth-order valence-electron chi connectivity index (χ4n) is 1.64. The lowest BCUT2D eigenvalue weighted by molar-refractivity contribution is -0.132. The Balaban J connectivity index is 0.00000169. The predicted octanol–water partition coefficient (Wildman–Crippen LogP) is 1.32. The Morgan fingerprint density at radius 1 is 1.36 bits per heavy atom. The van der Waals surface area contributed by atoms with E-state index in [1.54, 1.807) is 0 Å². The molecule has 1 fully saturated rings. The predicted molar refractivity (Wildman–Crippen MR) is 60.7 cm³/mol. The van der Waals surface area contributed by atoms with E-state index in [1.165, 1.54) is 0 Å². The van der Waals surface area contributed by atoms with E-state index in [-0.39, 0.29) is 29.8 Å². The maximum atomic E-state index is 11.8. The van der Waals surface area contributed by atoms with Gasteiger partial charge in [-0.15, -0.1) is 12.4 Å². The van der Waals surface area contributed by atoms with Crippen LogP contribution >= 0.6 is 12.4 Å². The summed E-state index contributed by atoms with van der Waals surface area (Å²) in [6.07, 6.45) is 1.90. The molecule has 0 unspecified atom stereocenters. The number of piperidine rings is 1. The molecule has 0 saturated carbocycles. The van der Waals surface area contributed by atoms with Crippen molar-refractivity contribution in [2.24, 2.45) is 5.41 Å². The van der Waals surface area contributed by atoms with Crippen LogP contribution in [0, 0.1) is 5.41 Å². The Hall–Kier alpha value is -0.280. The van der Waals surface area contributed by atoms with Gasteiger partial charge >= 0.3 is 0 Å². The monoisotopic (exact) mass is 220 g/mol.